The van der Waals surface area contributed by atoms with Crippen LogP contribution in [0, 0.1) is 0 Å². The van der Waals surface area contributed by atoms with Gasteiger partial charge in [-0.05, 0) is 61.4 Å². The number of amides is 2. The molecule has 2 heterocycles. The van der Waals surface area contributed by atoms with Gasteiger partial charge in [0.15, 0.2) is 0 Å². The number of hydrogen-bond donors (Lipinski definition) is 6. The number of unbranched alkanes of at least 4 members (excludes halogenated alkanes) is 1. The Labute approximate surface area is 287 Å². The van der Waals surface area contributed by atoms with Gasteiger partial charge in [-0.2, -0.15) is 13.2 Å². The lowest BCUT2D eigenvalue weighted by atomic mass is 9.99. The molecule has 1 saturated heterocycles. The average molecular weight is 711 g/mol. The van der Waals surface area contributed by atoms with Gasteiger partial charge in [0.2, 0.25) is 11.8 Å². The van der Waals surface area contributed by atoms with Crippen LogP contribution in [0.2, 0.25) is 0 Å². The van der Waals surface area contributed by atoms with Crippen LogP contribution in [0.1, 0.15) is 48.8 Å². The highest BCUT2D eigenvalue weighted by Gasteiger charge is 2.41. The lowest BCUT2D eigenvalue weighted by molar-refractivity contribution is -0.138. The standard InChI is InChI=1S/C34H45F3N4O7S/c35-34(36,37)24-12-9-21(5-1-4-8-30(45)38-16-28(43)31(46)32(47)29(44)18-42)15-22(24)17-39-20-49-19-27(39)33(48)41-14-13-40(23-10-11-23)25-6-2-3-7-26(25)41/h2-3,6-7,9,12,15,23,27-29,31-32,42-44,46-47H,1,4-5,8,10-11,13-14,16-20H2,(H,38,45)/t27-,28-,29+,31+,32+/m0/s1. The van der Waals surface area contributed by atoms with Crippen LogP contribution in [-0.4, -0.2) is 117 Å². The summed E-state index contributed by atoms with van der Waals surface area (Å²) in [4.78, 5) is 32.2. The van der Waals surface area contributed by atoms with E-state index in [-0.39, 0.29) is 31.0 Å². The summed E-state index contributed by atoms with van der Waals surface area (Å²) in [5.74, 6) is 0.393. The first kappa shape index (κ1) is 37.3. The molecule has 0 spiro atoms. The molecule has 0 bridgehead atoms. The van der Waals surface area contributed by atoms with Crippen molar-refractivity contribution in [2.24, 2.45) is 0 Å². The number of anilines is 2. The maximum atomic E-state index is 14.1. The summed E-state index contributed by atoms with van der Waals surface area (Å²) in [6.07, 6.45) is -7.74. The van der Waals surface area contributed by atoms with Gasteiger partial charge in [-0.15, -0.1) is 11.8 Å². The largest absolute Gasteiger partial charge is 0.416 e. The minimum atomic E-state index is -4.57. The third kappa shape index (κ3) is 9.25. The Morgan fingerprint density at radius 3 is 2.37 bits per heavy atom. The number of halogens is 3. The second-order valence-electron chi connectivity index (χ2n) is 13.0. The third-order valence-corrected chi connectivity index (χ3v) is 10.4. The van der Waals surface area contributed by atoms with E-state index in [0.29, 0.717) is 49.0 Å². The number of aliphatic hydroxyl groups is 5. The van der Waals surface area contributed by atoms with E-state index in [1.165, 1.54) is 17.8 Å². The lowest BCUT2D eigenvalue weighted by Crippen LogP contribution is -2.52. The van der Waals surface area contributed by atoms with Gasteiger partial charge in [0, 0.05) is 50.3 Å². The number of aliphatic hydroxyl groups excluding tert-OH is 5. The van der Waals surface area contributed by atoms with E-state index in [9.17, 15) is 43.2 Å². The fourth-order valence-electron chi connectivity index (χ4n) is 6.45. The van der Waals surface area contributed by atoms with Crippen molar-refractivity contribution in [1.29, 1.82) is 0 Å². The molecule has 3 aliphatic rings. The number of benzene rings is 2. The molecule has 49 heavy (non-hydrogen) atoms. The molecule has 11 nitrogen and oxygen atoms in total. The van der Waals surface area contributed by atoms with E-state index in [2.05, 4.69) is 10.2 Å². The molecule has 270 valence electrons. The predicted molar refractivity (Wildman–Crippen MR) is 179 cm³/mol. The summed E-state index contributed by atoms with van der Waals surface area (Å²) in [5.41, 5.74) is 1.91. The second kappa shape index (κ2) is 16.4. The third-order valence-electron chi connectivity index (χ3n) is 9.36. The number of nitrogens with one attached hydrogen (secondary N) is 1. The van der Waals surface area contributed by atoms with Gasteiger partial charge < -0.3 is 40.6 Å². The maximum Gasteiger partial charge on any atom is 0.416 e. The van der Waals surface area contributed by atoms with Crippen molar-refractivity contribution >= 4 is 35.0 Å². The molecular weight excluding hydrogens is 665 g/mol. The maximum absolute atomic E-state index is 14.1. The van der Waals surface area contributed by atoms with Crippen LogP contribution in [0.3, 0.4) is 0 Å². The Kier molecular flexibility index (Phi) is 12.5. The number of para-hydroxylation sites is 2. The number of aryl methyl sites for hydroxylation is 1. The van der Waals surface area contributed by atoms with Gasteiger partial charge in [0.05, 0.1) is 35.7 Å². The zero-order valence-corrected chi connectivity index (χ0v) is 28.0. The van der Waals surface area contributed by atoms with E-state index in [1.807, 2.05) is 29.2 Å². The van der Waals surface area contributed by atoms with Crippen molar-refractivity contribution in [2.75, 3.05) is 47.7 Å². The molecule has 1 aliphatic carbocycles. The molecule has 0 unspecified atom stereocenters. The van der Waals surface area contributed by atoms with E-state index >= 15 is 0 Å². The predicted octanol–water partition coefficient (Wildman–Crippen LogP) is 1.86. The van der Waals surface area contributed by atoms with Crippen LogP contribution < -0.4 is 15.1 Å². The quantitative estimate of drug-likeness (QED) is 0.151. The number of carbonyl (C=O) groups excluding carboxylic acids is 2. The molecule has 2 amide bonds. The number of rotatable bonds is 15. The van der Waals surface area contributed by atoms with Crippen molar-refractivity contribution in [3.8, 4) is 0 Å². The Morgan fingerprint density at radius 2 is 1.67 bits per heavy atom. The molecule has 0 aromatic heterocycles. The van der Waals surface area contributed by atoms with E-state index in [0.717, 1.165) is 36.8 Å². The first-order valence-corrected chi connectivity index (χ1v) is 17.8. The van der Waals surface area contributed by atoms with Crippen molar-refractivity contribution < 1.29 is 48.3 Å². The summed E-state index contributed by atoms with van der Waals surface area (Å²) in [6, 6.07) is 11.8. The molecule has 2 aliphatic heterocycles. The van der Waals surface area contributed by atoms with Crippen molar-refractivity contribution in [1.82, 2.24) is 10.2 Å². The van der Waals surface area contributed by atoms with Crippen LogP contribution in [0.25, 0.3) is 0 Å². The van der Waals surface area contributed by atoms with Gasteiger partial charge in [0.1, 0.15) is 18.3 Å². The second-order valence-corrected chi connectivity index (χ2v) is 14.0. The fourth-order valence-corrected chi connectivity index (χ4v) is 7.64. The Bertz CT molecular complexity index is 1450. The highest BCUT2D eigenvalue weighted by Crippen LogP contribution is 2.41. The monoisotopic (exact) mass is 710 g/mol. The first-order chi connectivity index (χ1) is 23.4. The minimum Gasteiger partial charge on any atom is -0.394 e. The molecule has 5 atom stereocenters. The molecule has 2 aromatic carbocycles. The Hall–Kier alpha value is -2.92. The number of alkyl halides is 3. The molecule has 5 rings (SSSR count). The minimum absolute atomic E-state index is 0.0314. The fraction of sp³-hybridized carbons (Fsp3) is 0.588. The van der Waals surface area contributed by atoms with Gasteiger partial charge in [-0.25, -0.2) is 0 Å². The van der Waals surface area contributed by atoms with Crippen LogP contribution in [0.5, 0.6) is 0 Å². The lowest BCUT2D eigenvalue weighted by Gasteiger charge is -2.39. The Balaban J connectivity index is 1.17. The summed E-state index contributed by atoms with van der Waals surface area (Å²) in [6.45, 7) is 0.0159. The summed E-state index contributed by atoms with van der Waals surface area (Å²) in [5, 5.41) is 50.2. The smallest absolute Gasteiger partial charge is 0.394 e. The zero-order valence-electron chi connectivity index (χ0n) is 27.1. The highest BCUT2D eigenvalue weighted by molar-refractivity contribution is 7.99. The van der Waals surface area contributed by atoms with Crippen molar-refractivity contribution in [2.45, 2.75) is 87.7 Å². The summed E-state index contributed by atoms with van der Waals surface area (Å²) in [7, 11) is 0. The van der Waals surface area contributed by atoms with E-state index in [1.54, 1.807) is 11.0 Å². The number of carbonyl (C=O) groups is 2. The molecule has 2 aromatic rings. The zero-order chi connectivity index (χ0) is 35.3. The molecular formula is C34H45F3N4O7S. The van der Waals surface area contributed by atoms with Crippen LogP contribution in [-0.2, 0) is 28.7 Å². The van der Waals surface area contributed by atoms with Gasteiger partial charge in [-0.3, -0.25) is 14.5 Å². The molecule has 1 saturated carbocycles. The molecule has 0 radical (unpaired) electrons. The number of fused-ring (bicyclic) bond motifs is 1. The van der Waals surface area contributed by atoms with Gasteiger partial charge >= 0.3 is 6.18 Å². The molecule has 6 N–H and O–H groups in total. The molecule has 2 fully saturated rings. The summed E-state index contributed by atoms with van der Waals surface area (Å²) >= 11 is 1.53. The van der Waals surface area contributed by atoms with Crippen molar-refractivity contribution in [3.63, 3.8) is 0 Å². The van der Waals surface area contributed by atoms with E-state index < -0.39 is 54.7 Å². The Morgan fingerprint density at radius 1 is 0.959 bits per heavy atom. The van der Waals surface area contributed by atoms with Crippen LogP contribution >= 0.6 is 11.8 Å². The topological polar surface area (TPSA) is 157 Å². The van der Waals surface area contributed by atoms with Crippen LogP contribution in [0.15, 0.2) is 42.5 Å². The van der Waals surface area contributed by atoms with Crippen molar-refractivity contribution in [3.05, 3.63) is 59.2 Å². The first-order valence-electron chi connectivity index (χ1n) is 16.7. The number of hydrogen-bond acceptors (Lipinski definition) is 10. The molecule has 15 heteroatoms. The van der Waals surface area contributed by atoms with Gasteiger partial charge in [0.25, 0.3) is 0 Å². The average Bonchev–Trinajstić information content (AvgIpc) is 3.84. The van der Waals surface area contributed by atoms with E-state index in [4.69, 9.17) is 5.11 Å². The number of nitrogens with zero attached hydrogens (tertiary/aromatic N) is 3. The highest BCUT2D eigenvalue weighted by atomic mass is 32.2. The number of thioether (sulfide) groups is 1. The summed E-state index contributed by atoms with van der Waals surface area (Å²) < 4.78 is 42.4. The van der Waals surface area contributed by atoms with Crippen LogP contribution in [0.4, 0.5) is 24.5 Å². The normalized spacial score (nSPS) is 20.9. The SMILES string of the molecule is O=C(CCCCc1ccc(C(F)(F)F)c(CN2CSC[C@H]2C(=O)N2CCN(C3CC3)c3ccccc32)c1)NC[C@H](O)[C@@H](O)[C@H](O)[C@H](O)CO. The van der Waals surface area contributed by atoms with Gasteiger partial charge in [-0.1, -0.05) is 24.3 Å².